The van der Waals surface area contributed by atoms with Crippen LogP contribution in [0.1, 0.15) is 6.92 Å². The average molecular weight is 221 g/mol. The molecule has 3 heteroatoms. The van der Waals surface area contributed by atoms with Crippen LogP contribution in [0, 0.1) is 0 Å². The lowest BCUT2D eigenvalue weighted by Gasteiger charge is -2.10. The first-order valence-corrected chi connectivity index (χ1v) is 5.39. The molecule has 0 aliphatic carbocycles. The Kier molecular flexibility index (Phi) is 5.43. The van der Waals surface area contributed by atoms with Crippen LogP contribution < -0.4 is 14.8 Å². The molecule has 0 spiro atoms. The summed E-state index contributed by atoms with van der Waals surface area (Å²) in [5.74, 6) is 1.69. The topological polar surface area (TPSA) is 30.5 Å². The molecule has 0 aliphatic rings. The van der Waals surface area contributed by atoms with Crippen molar-refractivity contribution in [1.29, 1.82) is 0 Å². The van der Waals surface area contributed by atoms with E-state index in [4.69, 9.17) is 9.47 Å². The molecule has 0 fully saturated rings. The second kappa shape index (κ2) is 6.90. The fourth-order valence-electron chi connectivity index (χ4n) is 1.21. The van der Waals surface area contributed by atoms with Crippen LogP contribution in [0.2, 0.25) is 0 Å². The van der Waals surface area contributed by atoms with Crippen molar-refractivity contribution in [3.8, 4) is 11.5 Å². The smallest absolute Gasteiger partial charge is 0.119 e. The lowest BCUT2D eigenvalue weighted by molar-refractivity contribution is 0.310. The standard InChI is InChI=1S/C13H19NO2/c1-4-11(2)14-9-10-16-13-7-5-12(15-3)6-8-13/h4-8,11,14H,1,9-10H2,2-3H3. The van der Waals surface area contributed by atoms with E-state index in [1.807, 2.05) is 30.3 Å². The Hall–Kier alpha value is -1.48. The summed E-state index contributed by atoms with van der Waals surface area (Å²) in [6.07, 6.45) is 1.87. The predicted octanol–water partition coefficient (Wildman–Crippen LogP) is 2.24. The van der Waals surface area contributed by atoms with Gasteiger partial charge in [-0.05, 0) is 31.2 Å². The first kappa shape index (κ1) is 12.6. The fraction of sp³-hybridized carbons (Fsp3) is 0.385. The molecule has 88 valence electrons. The minimum atomic E-state index is 0.319. The van der Waals surface area contributed by atoms with E-state index >= 15 is 0 Å². The summed E-state index contributed by atoms with van der Waals surface area (Å²) in [5, 5.41) is 3.26. The molecule has 1 atom stereocenters. The van der Waals surface area contributed by atoms with E-state index < -0.39 is 0 Å². The van der Waals surface area contributed by atoms with Gasteiger partial charge in [0.25, 0.3) is 0 Å². The molecule has 1 N–H and O–H groups in total. The van der Waals surface area contributed by atoms with Gasteiger partial charge in [0.05, 0.1) is 7.11 Å². The molecular weight excluding hydrogens is 202 g/mol. The van der Waals surface area contributed by atoms with Crippen LogP contribution in [0.15, 0.2) is 36.9 Å². The number of ether oxygens (including phenoxy) is 2. The molecule has 1 rings (SSSR count). The molecular formula is C13H19NO2. The van der Waals surface area contributed by atoms with Crippen molar-refractivity contribution >= 4 is 0 Å². The maximum absolute atomic E-state index is 5.55. The zero-order chi connectivity index (χ0) is 11.8. The second-order valence-electron chi connectivity index (χ2n) is 3.50. The number of benzene rings is 1. The average Bonchev–Trinajstić information content (AvgIpc) is 2.35. The SMILES string of the molecule is C=CC(C)NCCOc1ccc(OC)cc1. The van der Waals surface area contributed by atoms with E-state index in [-0.39, 0.29) is 0 Å². The van der Waals surface area contributed by atoms with Crippen LogP contribution in [0.25, 0.3) is 0 Å². The van der Waals surface area contributed by atoms with Crippen molar-refractivity contribution < 1.29 is 9.47 Å². The number of hydrogen-bond donors (Lipinski definition) is 1. The maximum atomic E-state index is 5.55. The molecule has 1 aromatic carbocycles. The molecule has 0 saturated carbocycles. The number of methoxy groups -OCH3 is 1. The Bertz CT molecular complexity index is 308. The summed E-state index contributed by atoms with van der Waals surface area (Å²) in [6.45, 7) is 7.20. The van der Waals surface area contributed by atoms with Gasteiger partial charge in [0, 0.05) is 12.6 Å². The van der Waals surface area contributed by atoms with Gasteiger partial charge in [-0.2, -0.15) is 0 Å². The lowest BCUT2D eigenvalue weighted by Crippen LogP contribution is -2.28. The van der Waals surface area contributed by atoms with E-state index in [1.54, 1.807) is 7.11 Å². The van der Waals surface area contributed by atoms with E-state index in [0.29, 0.717) is 12.6 Å². The Labute approximate surface area is 97.1 Å². The normalized spacial score (nSPS) is 11.9. The summed E-state index contributed by atoms with van der Waals surface area (Å²) in [4.78, 5) is 0. The van der Waals surface area contributed by atoms with Gasteiger partial charge < -0.3 is 14.8 Å². The van der Waals surface area contributed by atoms with Gasteiger partial charge in [0.1, 0.15) is 18.1 Å². The Morgan fingerprint density at radius 2 is 1.94 bits per heavy atom. The molecule has 0 amide bonds. The van der Waals surface area contributed by atoms with Gasteiger partial charge in [-0.25, -0.2) is 0 Å². The molecule has 16 heavy (non-hydrogen) atoms. The number of hydrogen-bond acceptors (Lipinski definition) is 3. The van der Waals surface area contributed by atoms with E-state index in [9.17, 15) is 0 Å². The summed E-state index contributed by atoms with van der Waals surface area (Å²) >= 11 is 0. The van der Waals surface area contributed by atoms with Crippen molar-refractivity contribution in [2.45, 2.75) is 13.0 Å². The first-order valence-electron chi connectivity index (χ1n) is 5.39. The monoisotopic (exact) mass is 221 g/mol. The molecule has 0 radical (unpaired) electrons. The molecule has 0 heterocycles. The van der Waals surface area contributed by atoms with Crippen molar-refractivity contribution in [1.82, 2.24) is 5.32 Å². The van der Waals surface area contributed by atoms with Gasteiger partial charge in [-0.1, -0.05) is 6.08 Å². The van der Waals surface area contributed by atoms with Gasteiger partial charge in [-0.15, -0.1) is 6.58 Å². The molecule has 0 aromatic heterocycles. The van der Waals surface area contributed by atoms with Crippen molar-refractivity contribution in [3.05, 3.63) is 36.9 Å². The highest BCUT2D eigenvalue weighted by atomic mass is 16.5. The van der Waals surface area contributed by atoms with Crippen molar-refractivity contribution in [2.24, 2.45) is 0 Å². The van der Waals surface area contributed by atoms with Crippen LogP contribution in [0.4, 0.5) is 0 Å². The molecule has 0 aliphatic heterocycles. The van der Waals surface area contributed by atoms with Crippen LogP contribution in [0.3, 0.4) is 0 Å². The summed E-state index contributed by atoms with van der Waals surface area (Å²) in [7, 11) is 1.65. The van der Waals surface area contributed by atoms with Gasteiger partial charge >= 0.3 is 0 Å². The molecule has 3 nitrogen and oxygen atoms in total. The maximum Gasteiger partial charge on any atom is 0.119 e. The Balaban J connectivity index is 2.24. The molecule has 0 bridgehead atoms. The Morgan fingerprint density at radius 1 is 1.31 bits per heavy atom. The largest absolute Gasteiger partial charge is 0.497 e. The van der Waals surface area contributed by atoms with E-state index in [0.717, 1.165) is 18.0 Å². The quantitative estimate of drug-likeness (QED) is 0.566. The Morgan fingerprint density at radius 3 is 2.50 bits per heavy atom. The van der Waals surface area contributed by atoms with Crippen molar-refractivity contribution in [2.75, 3.05) is 20.3 Å². The fourth-order valence-corrected chi connectivity index (χ4v) is 1.21. The minimum absolute atomic E-state index is 0.319. The lowest BCUT2D eigenvalue weighted by atomic mass is 10.3. The summed E-state index contributed by atoms with van der Waals surface area (Å²) in [6, 6.07) is 7.88. The minimum Gasteiger partial charge on any atom is -0.497 e. The van der Waals surface area contributed by atoms with Gasteiger partial charge in [0.15, 0.2) is 0 Å². The van der Waals surface area contributed by atoms with E-state index in [2.05, 4.69) is 18.8 Å². The molecule has 1 aromatic rings. The zero-order valence-corrected chi connectivity index (χ0v) is 9.90. The van der Waals surface area contributed by atoms with Crippen LogP contribution in [-0.4, -0.2) is 26.3 Å². The summed E-state index contributed by atoms with van der Waals surface area (Å²) in [5.41, 5.74) is 0. The number of nitrogens with one attached hydrogen (secondary N) is 1. The van der Waals surface area contributed by atoms with Crippen LogP contribution in [0.5, 0.6) is 11.5 Å². The highest BCUT2D eigenvalue weighted by Crippen LogP contribution is 2.16. The molecule has 1 unspecified atom stereocenters. The molecule has 0 saturated heterocycles. The van der Waals surface area contributed by atoms with Gasteiger partial charge in [0.2, 0.25) is 0 Å². The number of rotatable bonds is 7. The third kappa shape index (κ3) is 4.36. The van der Waals surface area contributed by atoms with Gasteiger partial charge in [-0.3, -0.25) is 0 Å². The van der Waals surface area contributed by atoms with Crippen molar-refractivity contribution in [3.63, 3.8) is 0 Å². The second-order valence-corrected chi connectivity index (χ2v) is 3.50. The first-order chi connectivity index (χ1) is 7.76. The third-order valence-corrected chi connectivity index (χ3v) is 2.25. The highest BCUT2D eigenvalue weighted by molar-refractivity contribution is 5.31. The predicted molar refractivity (Wildman–Crippen MR) is 66.2 cm³/mol. The summed E-state index contributed by atoms with van der Waals surface area (Å²) < 4.78 is 10.6. The zero-order valence-electron chi connectivity index (χ0n) is 9.90. The van der Waals surface area contributed by atoms with Crippen LogP contribution >= 0.6 is 0 Å². The van der Waals surface area contributed by atoms with E-state index in [1.165, 1.54) is 0 Å². The van der Waals surface area contributed by atoms with Crippen LogP contribution in [-0.2, 0) is 0 Å². The highest BCUT2D eigenvalue weighted by Gasteiger charge is 1.96. The third-order valence-electron chi connectivity index (χ3n) is 2.25.